The van der Waals surface area contributed by atoms with Gasteiger partial charge >= 0.3 is 119 Å². The topological polar surface area (TPSA) is 34.4 Å². The SMILES string of the molecule is O=[C]([In])c1ccc2c(c1)sc1nc(Br)cn12. The molecule has 0 spiro atoms. The van der Waals surface area contributed by atoms with E-state index in [2.05, 4.69) is 20.9 Å². The Kier molecular flexibility index (Phi) is 2.60. The van der Waals surface area contributed by atoms with Gasteiger partial charge in [-0.15, -0.1) is 0 Å². The number of carbonyl (C=O) groups is 1. The van der Waals surface area contributed by atoms with E-state index in [0.717, 1.165) is 25.3 Å². The standard InChI is InChI=1S/C10H4BrN2OS.In/c11-9-4-13-7-2-1-6(5-14)3-8(7)15-10(13)12-9;/h1-4H;. The number of thiazole rings is 1. The van der Waals surface area contributed by atoms with Crippen LogP contribution in [0, 0.1) is 0 Å². The van der Waals surface area contributed by atoms with Gasteiger partial charge < -0.3 is 0 Å². The van der Waals surface area contributed by atoms with Gasteiger partial charge in [-0.3, -0.25) is 0 Å². The van der Waals surface area contributed by atoms with Gasteiger partial charge in [0.05, 0.1) is 0 Å². The van der Waals surface area contributed by atoms with Gasteiger partial charge in [0.25, 0.3) is 0 Å². The van der Waals surface area contributed by atoms with E-state index >= 15 is 0 Å². The van der Waals surface area contributed by atoms with Gasteiger partial charge in [-0.05, 0) is 0 Å². The Bertz CT molecular complexity index is 718. The van der Waals surface area contributed by atoms with E-state index in [-0.39, 0.29) is 3.54 Å². The van der Waals surface area contributed by atoms with Crippen LogP contribution in [-0.2, 0) is 0 Å². The Labute approximate surface area is 118 Å². The van der Waals surface area contributed by atoms with Gasteiger partial charge in [0, 0.05) is 0 Å². The molecule has 76 valence electrons. The summed E-state index contributed by atoms with van der Waals surface area (Å²) in [5, 5.41) is 0. The van der Waals surface area contributed by atoms with E-state index in [1.807, 2.05) is 28.8 Å². The molecule has 0 bridgehead atoms. The number of fused-ring (bicyclic) bond motifs is 3. The van der Waals surface area contributed by atoms with Crippen LogP contribution in [0.25, 0.3) is 15.2 Å². The second-order valence-corrected chi connectivity index (χ2v) is 6.68. The molecule has 0 N–H and O–H groups in total. The van der Waals surface area contributed by atoms with E-state index in [4.69, 9.17) is 0 Å². The number of rotatable bonds is 1. The molecular formula is C10H4BrInN2OS. The molecule has 0 atom stereocenters. The summed E-state index contributed by atoms with van der Waals surface area (Å²) in [4.78, 5) is 16.6. The molecule has 0 aliphatic heterocycles. The molecule has 2 heterocycles. The fourth-order valence-corrected chi connectivity index (χ4v) is 3.68. The van der Waals surface area contributed by atoms with Gasteiger partial charge in [0.2, 0.25) is 0 Å². The van der Waals surface area contributed by atoms with Crippen LogP contribution in [-0.4, -0.2) is 37.3 Å². The molecule has 3 rings (SSSR count). The van der Waals surface area contributed by atoms with E-state index < -0.39 is 0 Å². The molecule has 0 aliphatic rings. The minimum atomic E-state index is 0.222. The molecule has 2 radical (unpaired) electrons. The van der Waals surface area contributed by atoms with Crippen molar-refractivity contribution >= 4 is 70.4 Å². The number of carbonyl (C=O) groups excluding carboxylic acids is 1. The second-order valence-electron chi connectivity index (χ2n) is 3.37. The van der Waals surface area contributed by atoms with Crippen LogP contribution in [0.15, 0.2) is 29.0 Å². The number of nitrogens with zero attached hydrogens (tertiary/aromatic N) is 2. The average molecular weight is 395 g/mol. The van der Waals surface area contributed by atoms with Crippen molar-refractivity contribution in [1.29, 1.82) is 0 Å². The van der Waals surface area contributed by atoms with E-state index in [9.17, 15) is 4.79 Å². The zero-order chi connectivity index (χ0) is 11.3. The number of aromatic nitrogens is 2. The summed E-state index contributed by atoms with van der Waals surface area (Å²) < 4.78 is 4.20. The van der Waals surface area contributed by atoms with Crippen molar-refractivity contribution in [3.8, 4) is 0 Å². The number of halogens is 1. The Balaban J connectivity index is 2.37. The van der Waals surface area contributed by atoms with Crippen LogP contribution in [0.2, 0.25) is 0 Å². The summed E-state index contributed by atoms with van der Waals surface area (Å²) in [6.45, 7) is 0. The van der Waals surface area contributed by atoms with Crippen molar-refractivity contribution in [3.63, 3.8) is 0 Å². The Hall–Kier alpha value is -0.330. The van der Waals surface area contributed by atoms with E-state index in [1.165, 1.54) is 0 Å². The zero-order valence-corrected chi connectivity index (χ0v) is 13.7. The molecule has 1 aromatic carbocycles. The Morgan fingerprint density at radius 3 is 3.06 bits per heavy atom. The zero-order valence-electron chi connectivity index (χ0n) is 7.98. The molecule has 0 amide bonds. The van der Waals surface area contributed by atoms with Crippen molar-refractivity contribution in [1.82, 2.24) is 9.38 Å². The molecule has 0 fully saturated rings. The number of hydrogen-bond donors (Lipinski definition) is 0. The first-order valence-corrected chi connectivity index (χ1v) is 7.78. The summed E-state index contributed by atoms with van der Waals surface area (Å²) >= 11 is 5.58. The van der Waals surface area contributed by atoms with Gasteiger partial charge in [0.1, 0.15) is 0 Å². The van der Waals surface area contributed by atoms with Crippen LogP contribution < -0.4 is 0 Å². The van der Waals surface area contributed by atoms with Crippen LogP contribution in [0.4, 0.5) is 0 Å². The summed E-state index contributed by atoms with van der Waals surface area (Å²) in [6.07, 6.45) is 1.94. The van der Waals surface area contributed by atoms with Gasteiger partial charge in [-0.25, -0.2) is 0 Å². The van der Waals surface area contributed by atoms with Crippen molar-refractivity contribution < 1.29 is 4.79 Å². The van der Waals surface area contributed by atoms with Crippen LogP contribution in [0.3, 0.4) is 0 Å². The minimum absolute atomic E-state index is 0.222. The molecule has 2 aromatic heterocycles. The number of imidazole rings is 1. The quantitative estimate of drug-likeness (QED) is 0.635. The van der Waals surface area contributed by atoms with Crippen molar-refractivity contribution in [2.24, 2.45) is 0 Å². The summed E-state index contributed by atoms with van der Waals surface area (Å²) in [5.74, 6) is 0. The maximum atomic E-state index is 11.3. The molecule has 0 aliphatic carbocycles. The van der Waals surface area contributed by atoms with Gasteiger partial charge in [-0.1, -0.05) is 0 Å². The molecule has 0 unspecified atom stereocenters. The number of benzene rings is 1. The van der Waals surface area contributed by atoms with Crippen molar-refractivity contribution in [2.75, 3.05) is 0 Å². The van der Waals surface area contributed by atoms with Crippen LogP contribution >= 0.6 is 27.3 Å². The van der Waals surface area contributed by atoms with Gasteiger partial charge in [-0.2, -0.15) is 0 Å². The molecule has 0 saturated heterocycles. The van der Waals surface area contributed by atoms with Crippen molar-refractivity contribution in [2.45, 2.75) is 0 Å². The molecule has 0 saturated carbocycles. The molecule has 3 nitrogen and oxygen atoms in total. The predicted octanol–water partition coefficient (Wildman–Crippen LogP) is 2.62. The monoisotopic (exact) mass is 394 g/mol. The third-order valence-electron chi connectivity index (χ3n) is 2.35. The maximum absolute atomic E-state index is 11.3. The van der Waals surface area contributed by atoms with Crippen molar-refractivity contribution in [3.05, 3.63) is 34.6 Å². The van der Waals surface area contributed by atoms with Crippen LogP contribution in [0.5, 0.6) is 0 Å². The van der Waals surface area contributed by atoms with Crippen LogP contribution in [0.1, 0.15) is 10.4 Å². The predicted molar refractivity (Wildman–Crippen MR) is 68.4 cm³/mol. The second kappa shape index (κ2) is 3.85. The first-order valence-electron chi connectivity index (χ1n) is 4.52. The third-order valence-corrected chi connectivity index (χ3v) is 4.70. The fourth-order valence-electron chi connectivity index (χ4n) is 1.63. The normalized spacial score (nSPS) is 11.3. The van der Waals surface area contributed by atoms with Gasteiger partial charge in [0.15, 0.2) is 0 Å². The summed E-state index contributed by atoms with van der Waals surface area (Å²) in [5.41, 5.74) is 1.90. The first kappa shape index (κ1) is 10.8. The summed E-state index contributed by atoms with van der Waals surface area (Å²) in [6, 6.07) is 5.82. The molecule has 6 heteroatoms. The summed E-state index contributed by atoms with van der Waals surface area (Å²) in [7, 11) is 0. The third kappa shape index (κ3) is 1.63. The van der Waals surface area contributed by atoms with E-state index in [1.54, 1.807) is 11.3 Å². The Morgan fingerprint density at radius 2 is 2.31 bits per heavy atom. The Morgan fingerprint density at radius 1 is 1.50 bits per heavy atom. The van der Waals surface area contributed by atoms with E-state index in [0.29, 0.717) is 24.4 Å². The molecule has 3 aromatic rings. The number of hydrogen-bond acceptors (Lipinski definition) is 3. The first-order chi connectivity index (χ1) is 7.65. The molecule has 16 heavy (non-hydrogen) atoms. The molecular weight excluding hydrogens is 391 g/mol. The average Bonchev–Trinajstić information content (AvgIpc) is 2.72. The fraction of sp³-hybridized carbons (Fsp3) is 0.